The molecule has 3 aromatic rings. The fourth-order valence-corrected chi connectivity index (χ4v) is 6.47. The van der Waals surface area contributed by atoms with E-state index in [-0.39, 0.29) is 17.5 Å². The van der Waals surface area contributed by atoms with E-state index in [1.807, 2.05) is 12.1 Å². The molecule has 1 aliphatic heterocycles. The van der Waals surface area contributed by atoms with Crippen molar-refractivity contribution in [1.82, 2.24) is 18.9 Å². The van der Waals surface area contributed by atoms with Gasteiger partial charge in [-0.25, -0.2) is 4.72 Å². The first kappa shape index (κ1) is 25.5. The molecule has 8 nitrogen and oxygen atoms in total. The number of benzene rings is 2. The highest BCUT2D eigenvalue weighted by atomic mass is 32.2. The molecule has 1 aliphatic carbocycles. The number of hydrogen-bond acceptors (Lipinski definition) is 4. The van der Waals surface area contributed by atoms with Crippen LogP contribution in [0.1, 0.15) is 66.4 Å². The standard InChI is InChI=1S/C28H34N4O4S/c1-18(33)29-22-15-20-11-7-8-12-23(20)27-26(19-9-5-4-6-10-19)24-14-13-21(16-25(24)32(27)17-22)28(34)30-37(35,36)31(2)3/h7-8,11-14,16,19,22H,4-6,9-10,15,17H2,1-3H3,(H,29,33)(H,30,34). The summed E-state index contributed by atoms with van der Waals surface area (Å²) in [5.41, 5.74) is 5.98. The molecule has 0 saturated heterocycles. The van der Waals surface area contributed by atoms with Crippen LogP contribution in [0.5, 0.6) is 0 Å². The molecular weight excluding hydrogens is 488 g/mol. The van der Waals surface area contributed by atoms with E-state index in [0.717, 1.165) is 39.3 Å². The molecule has 2 heterocycles. The van der Waals surface area contributed by atoms with E-state index < -0.39 is 16.1 Å². The number of nitrogens with one attached hydrogen (secondary N) is 2. The monoisotopic (exact) mass is 522 g/mol. The highest BCUT2D eigenvalue weighted by Crippen LogP contribution is 2.46. The second-order valence-corrected chi connectivity index (χ2v) is 12.3. The molecule has 196 valence electrons. The summed E-state index contributed by atoms with van der Waals surface area (Å²) in [6.45, 7) is 2.10. The van der Waals surface area contributed by atoms with Crippen LogP contribution in [0.2, 0.25) is 0 Å². The summed E-state index contributed by atoms with van der Waals surface area (Å²) in [5, 5.41) is 4.20. The Morgan fingerprint density at radius 2 is 1.76 bits per heavy atom. The van der Waals surface area contributed by atoms with Gasteiger partial charge in [-0.3, -0.25) is 9.59 Å². The van der Waals surface area contributed by atoms with Crippen LogP contribution in [0.15, 0.2) is 42.5 Å². The predicted molar refractivity (Wildman–Crippen MR) is 145 cm³/mol. The molecule has 1 unspecified atom stereocenters. The number of aromatic nitrogens is 1. The lowest BCUT2D eigenvalue weighted by Crippen LogP contribution is -2.39. The van der Waals surface area contributed by atoms with Crippen LogP contribution in [0.25, 0.3) is 22.2 Å². The summed E-state index contributed by atoms with van der Waals surface area (Å²) in [6.07, 6.45) is 6.58. The SMILES string of the molecule is CC(=O)NC1Cc2ccccc2-c2c(C3CCCCC3)c3ccc(C(=O)NS(=O)(=O)N(C)C)cc3n2C1. The Hall–Kier alpha value is -3.17. The predicted octanol–water partition coefficient (Wildman–Crippen LogP) is 3.95. The van der Waals surface area contributed by atoms with Crippen molar-refractivity contribution in [3.63, 3.8) is 0 Å². The smallest absolute Gasteiger partial charge is 0.303 e. The summed E-state index contributed by atoms with van der Waals surface area (Å²) in [7, 11) is -1.16. The van der Waals surface area contributed by atoms with E-state index in [1.54, 1.807) is 12.1 Å². The molecule has 1 fully saturated rings. The Labute approximate surface area is 218 Å². The summed E-state index contributed by atoms with van der Waals surface area (Å²) in [6, 6.07) is 13.7. The Morgan fingerprint density at radius 1 is 1.03 bits per heavy atom. The zero-order valence-electron chi connectivity index (χ0n) is 21.6. The average molecular weight is 523 g/mol. The van der Waals surface area contributed by atoms with Gasteiger partial charge >= 0.3 is 10.2 Å². The molecule has 2 aliphatic rings. The Balaban J connectivity index is 1.72. The van der Waals surface area contributed by atoms with Gasteiger partial charge in [0.05, 0.1) is 11.7 Å². The van der Waals surface area contributed by atoms with Crippen molar-refractivity contribution in [2.24, 2.45) is 0 Å². The maximum atomic E-state index is 13.0. The van der Waals surface area contributed by atoms with E-state index in [2.05, 4.69) is 32.8 Å². The molecular formula is C28H34N4O4S. The molecule has 2 N–H and O–H groups in total. The van der Waals surface area contributed by atoms with E-state index in [0.29, 0.717) is 18.9 Å². The van der Waals surface area contributed by atoms with Gasteiger partial charge < -0.3 is 9.88 Å². The van der Waals surface area contributed by atoms with E-state index >= 15 is 0 Å². The Bertz CT molecular complexity index is 1470. The van der Waals surface area contributed by atoms with Gasteiger partial charge in [-0.1, -0.05) is 49.6 Å². The van der Waals surface area contributed by atoms with Crippen LogP contribution in [-0.4, -0.2) is 49.2 Å². The minimum absolute atomic E-state index is 0.0798. The number of carbonyl (C=O) groups excluding carboxylic acids is 2. The maximum absolute atomic E-state index is 13.0. The quantitative estimate of drug-likeness (QED) is 0.530. The van der Waals surface area contributed by atoms with Crippen molar-refractivity contribution >= 4 is 32.9 Å². The Morgan fingerprint density at radius 3 is 2.46 bits per heavy atom. The molecule has 1 atom stereocenters. The van der Waals surface area contributed by atoms with Crippen molar-refractivity contribution in [1.29, 1.82) is 0 Å². The van der Waals surface area contributed by atoms with Gasteiger partial charge in [-0.2, -0.15) is 12.7 Å². The van der Waals surface area contributed by atoms with Gasteiger partial charge in [0.25, 0.3) is 5.91 Å². The summed E-state index contributed by atoms with van der Waals surface area (Å²) < 4.78 is 30.0. The number of carbonyl (C=O) groups is 2. The van der Waals surface area contributed by atoms with Gasteiger partial charge in [0.15, 0.2) is 0 Å². The lowest BCUT2D eigenvalue weighted by molar-refractivity contribution is -0.119. The van der Waals surface area contributed by atoms with E-state index in [1.165, 1.54) is 51.4 Å². The third-order valence-electron chi connectivity index (χ3n) is 7.63. The number of amides is 2. The van der Waals surface area contributed by atoms with E-state index in [4.69, 9.17) is 0 Å². The average Bonchev–Trinajstić information content (AvgIpc) is 3.07. The van der Waals surface area contributed by atoms with Crippen molar-refractivity contribution in [3.8, 4) is 11.3 Å². The largest absolute Gasteiger partial charge is 0.351 e. The number of rotatable bonds is 5. The first-order valence-corrected chi connectivity index (χ1v) is 14.4. The third-order valence-corrected chi connectivity index (χ3v) is 9.04. The first-order valence-electron chi connectivity index (χ1n) is 12.9. The van der Waals surface area contributed by atoms with Crippen LogP contribution < -0.4 is 10.0 Å². The fraction of sp³-hybridized carbons (Fsp3) is 0.429. The zero-order chi connectivity index (χ0) is 26.3. The molecule has 37 heavy (non-hydrogen) atoms. The zero-order valence-corrected chi connectivity index (χ0v) is 22.4. The molecule has 0 radical (unpaired) electrons. The molecule has 0 bridgehead atoms. The molecule has 1 saturated carbocycles. The van der Waals surface area contributed by atoms with Crippen LogP contribution >= 0.6 is 0 Å². The highest BCUT2D eigenvalue weighted by molar-refractivity contribution is 7.87. The second-order valence-electron chi connectivity index (χ2n) is 10.4. The Kier molecular flexibility index (Phi) is 6.85. The number of nitrogens with zero attached hydrogens (tertiary/aromatic N) is 2. The van der Waals surface area contributed by atoms with Crippen LogP contribution in [0.3, 0.4) is 0 Å². The number of hydrogen-bond donors (Lipinski definition) is 2. The number of fused-ring (bicyclic) bond motifs is 5. The second kappa shape index (κ2) is 9.95. The van der Waals surface area contributed by atoms with Crippen molar-refractivity contribution in [2.45, 2.75) is 64.0 Å². The first-order chi connectivity index (χ1) is 17.7. The molecule has 0 spiro atoms. The summed E-state index contributed by atoms with van der Waals surface area (Å²) >= 11 is 0. The van der Waals surface area contributed by atoms with Crippen LogP contribution in [0, 0.1) is 0 Å². The lowest BCUT2D eigenvalue weighted by Gasteiger charge is -2.24. The lowest BCUT2D eigenvalue weighted by atomic mass is 9.81. The van der Waals surface area contributed by atoms with E-state index in [9.17, 15) is 18.0 Å². The third kappa shape index (κ3) is 4.90. The topological polar surface area (TPSA) is 101 Å². The highest BCUT2D eigenvalue weighted by Gasteiger charge is 2.31. The minimum atomic E-state index is -3.92. The van der Waals surface area contributed by atoms with Gasteiger partial charge in [0.2, 0.25) is 5.91 Å². The van der Waals surface area contributed by atoms with Crippen molar-refractivity contribution in [3.05, 3.63) is 59.2 Å². The van der Waals surface area contributed by atoms with Gasteiger partial charge in [-0.15, -0.1) is 0 Å². The van der Waals surface area contributed by atoms with Crippen molar-refractivity contribution in [2.75, 3.05) is 14.1 Å². The molecule has 1 aromatic heterocycles. The maximum Gasteiger partial charge on any atom is 0.303 e. The molecule has 5 rings (SSSR count). The van der Waals surface area contributed by atoms with Crippen LogP contribution in [-0.2, 0) is 28.0 Å². The minimum Gasteiger partial charge on any atom is -0.351 e. The fourth-order valence-electron chi connectivity index (χ4n) is 5.93. The van der Waals surface area contributed by atoms with Gasteiger partial charge in [0, 0.05) is 49.6 Å². The normalized spacial score (nSPS) is 18.2. The molecule has 2 amide bonds. The summed E-state index contributed by atoms with van der Waals surface area (Å²) in [5.74, 6) is -0.340. The van der Waals surface area contributed by atoms with Crippen molar-refractivity contribution < 1.29 is 18.0 Å². The van der Waals surface area contributed by atoms with Gasteiger partial charge in [0.1, 0.15) is 0 Å². The van der Waals surface area contributed by atoms with Crippen LogP contribution in [0.4, 0.5) is 0 Å². The van der Waals surface area contributed by atoms with Gasteiger partial charge in [-0.05, 0) is 48.4 Å². The molecule has 9 heteroatoms. The summed E-state index contributed by atoms with van der Waals surface area (Å²) in [4.78, 5) is 25.0. The molecule has 2 aromatic carbocycles.